The van der Waals surface area contributed by atoms with Gasteiger partial charge in [-0.15, -0.1) is 0 Å². The maximum absolute atomic E-state index is 9.66. The van der Waals surface area contributed by atoms with Crippen molar-refractivity contribution in [2.45, 2.75) is 26.0 Å². The van der Waals surface area contributed by atoms with Crippen LogP contribution in [0.4, 0.5) is 0 Å². The van der Waals surface area contributed by atoms with Gasteiger partial charge >= 0.3 is 0 Å². The highest BCUT2D eigenvalue weighted by atomic mass is 35.5. The number of aromatic hydroxyl groups is 1. The minimum absolute atomic E-state index is 0.0265. The number of aryl methyl sites for hydroxylation is 1. The lowest BCUT2D eigenvalue weighted by atomic mass is 10.0. The second-order valence-corrected chi connectivity index (χ2v) is 3.85. The smallest absolute Gasteiger partial charge is 0.134 e. The monoisotopic (exact) mass is 215 g/mol. The lowest BCUT2D eigenvalue weighted by molar-refractivity contribution is 0.153. The summed E-state index contributed by atoms with van der Waals surface area (Å²) in [6.45, 7) is 3.46. The summed E-state index contributed by atoms with van der Waals surface area (Å²) in [5.41, 5.74) is 6.85. The van der Waals surface area contributed by atoms with E-state index in [4.69, 9.17) is 17.3 Å². The Morgan fingerprint density at radius 2 is 2.00 bits per heavy atom. The van der Waals surface area contributed by atoms with E-state index >= 15 is 0 Å². The number of phenols is 1. The van der Waals surface area contributed by atoms with Crippen molar-refractivity contribution >= 4 is 11.6 Å². The summed E-state index contributed by atoms with van der Waals surface area (Å²) >= 11 is 5.77. The molecule has 0 amide bonds. The summed E-state index contributed by atoms with van der Waals surface area (Å²) in [5.74, 6) is -0.0265. The van der Waals surface area contributed by atoms with Crippen LogP contribution in [0.1, 0.15) is 24.2 Å². The molecule has 4 N–H and O–H groups in total. The van der Waals surface area contributed by atoms with E-state index in [1.807, 2.05) is 0 Å². The van der Waals surface area contributed by atoms with Gasteiger partial charge in [0.1, 0.15) is 5.75 Å². The normalized spacial score (nSPS) is 15.2. The molecule has 2 atom stereocenters. The zero-order valence-corrected chi connectivity index (χ0v) is 8.92. The summed E-state index contributed by atoms with van der Waals surface area (Å²) in [4.78, 5) is 0. The number of benzene rings is 1. The van der Waals surface area contributed by atoms with Crippen LogP contribution in [0.3, 0.4) is 0 Å². The van der Waals surface area contributed by atoms with Crippen molar-refractivity contribution in [3.63, 3.8) is 0 Å². The van der Waals surface area contributed by atoms with Gasteiger partial charge < -0.3 is 15.9 Å². The average Bonchev–Trinajstić information content (AvgIpc) is 2.12. The molecule has 14 heavy (non-hydrogen) atoms. The molecule has 0 bridgehead atoms. The van der Waals surface area contributed by atoms with Gasteiger partial charge in [0.15, 0.2) is 0 Å². The molecule has 1 rings (SSSR count). The molecule has 0 aliphatic rings. The molecule has 0 aliphatic heterocycles. The highest BCUT2D eigenvalue weighted by Crippen LogP contribution is 2.31. The first-order valence-electron chi connectivity index (χ1n) is 4.36. The summed E-state index contributed by atoms with van der Waals surface area (Å²) < 4.78 is 0. The number of hydrogen-bond donors (Lipinski definition) is 3. The van der Waals surface area contributed by atoms with E-state index in [0.29, 0.717) is 10.6 Å². The zero-order valence-electron chi connectivity index (χ0n) is 8.16. The minimum atomic E-state index is -0.781. The zero-order chi connectivity index (χ0) is 10.9. The van der Waals surface area contributed by atoms with E-state index in [9.17, 15) is 10.2 Å². The lowest BCUT2D eigenvalue weighted by Crippen LogP contribution is -2.24. The van der Waals surface area contributed by atoms with Crippen LogP contribution in [0.15, 0.2) is 12.1 Å². The summed E-state index contributed by atoms with van der Waals surface area (Å²) in [6.07, 6.45) is -0.781. The Bertz CT molecular complexity index is 316. The van der Waals surface area contributed by atoms with Crippen LogP contribution in [0, 0.1) is 6.92 Å². The Hall–Kier alpha value is -0.770. The summed E-state index contributed by atoms with van der Waals surface area (Å²) in [7, 11) is 0. The van der Waals surface area contributed by atoms with Gasteiger partial charge in [-0.25, -0.2) is 0 Å². The van der Waals surface area contributed by atoms with Crippen molar-refractivity contribution in [3.8, 4) is 5.75 Å². The molecule has 0 saturated heterocycles. The predicted octanol–water partition coefficient (Wildman–Crippen LogP) is 1.73. The van der Waals surface area contributed by atoms with Gasteiger partial charge in [0.05, 0.1) is 11.1 Å². The van der Waals surface area contributed by atoms with E-state index in [1.165, 1.54) is 6.07 Å². The standard InChI is InChI=1S/C10H14ClNO2/c1-5-3-7(10(14)6(2)12)4-8(13)9(5)11/h3-4,6,10,13-14H,12H2,1-2H3. The molecular weight excluding hydrogens is 202 g/mol. The van der Waals surface area contributed by atoms with Gasteiger partial charge in [0.25, 0.3) is 0 Å². The fourth-order valence-electron chi connectivity index (χ4n) is 1.25. The van der Waals surface area contributed by atoms with Gasteiger partial charge in [0.2, 0.25) is 0 Å². The van der Waals surface area contributed by atoms with Crippen molar-refractivity contribution in [2.24, 2.45) is 5.73 Å². The Labute approximate surface area is 88.1 Å². The topological polar surface area (TPSA) is 66.5 Å². The first-order valence-corrected chi connectivity index (χ1v) is 4.74. The molecule has 1 aromatic rings. The molecular formula is C10H14ClNO2. The molecule has 0 spiro atoms. The molecule has 0 fully saturated rings. The van der Waals surface area contributed by atoms with Crippen LogP contribution in [-0.4, -0.2) is 16.3 Å². The molecule has 0 aliphatic carbocycles. The largest absolute Gasteiger partial charge is 0.506 e. The number of aliphatic hydroxyl groups excluding tert-OH is 1. The van der Waals surface area contributed by atoms with Crippen LogP contribution in [0.2, 0.25) is 5.02 Å². The van der Waals surface area contributed by atoms with E-state index in [-0.39, 0.29) is 11.8 Å². The van der Waals surface area contributed by atoms with Crippen molar-refractivity contribution in [3.05, 3.63) is 28.3 Å². The van der Waals surface area contributed by atoms with E-state index in [0.717, 1.165) is 5.56 Å². The van der Waals surface area contributed by atoms with Gasteiger partial charge in [-0.2, -0.15) is 0 Å². The second-order valence-electron chi connectivity index (χ2n) is 3.47. The van der Waals surface area contributed by atoms with Crippen molar-refractivity contribution in [2.75, 3.05) is 0 Å². The SMILES string of the molecule is Cc1cc(C(O)C(C)N)cc(O)c1Cl. The quantitative estimate of drug-likeness (QED) is 0.704. The Morgan fingerprint density at radius 1 is 1.43 bits per heavy atom. The summed E-state index contributed by atoms with van der Waals surface area (Å²) in [5, 5.41) is 19.4. The fourth-order valence-corrected chi connectivity index (χ4v) is 1.36. The molecule has 1 aromatic carbocycles. The highest BCUT2D eigenvalue weighted by Gasteiger charge is 2.15. The molecule has 0 saturated carbocycles. The third-order valence-corrected chi connectivity index (χ3v) is 2.59. The average molecular weight is 216 g/mol. The fraction of sp³-hybridized carbons (Fsp3) is 0.400. The van der Waals surface area contributed by atoms with E-state index in [2.05, 4.69) is 0 Å². The molecule has 0 aromatic heterocycles. The predicted molar refractivity (Wildman–Crippen MR) is 56.5 cm³/mol. The number of aliphatic hydroxyl groups is 1. The first-order chi connectivity index (χ1) is 6.43. The number of nitrogens with two attached hydrogens (primary N) is 1. The first kappa shape index (κ1) is 11.3. The molecule has 2 unspecified atom stereocenters. The molecule has 4 heteroatoms. The third-order valence-electron chi connectivity index (χ3n) is 2.10. The Morgan fingerprint density at radius 3 is 2.43 bits per heavy atom. The number of halogens is 1. The van der Waals surface area contributed by atoms with Crippen molar-refractivity contribution in [1.29, 1.82) is 0 Å². The van der Waals surface area contributed by atoms with E-state index in [1.54, 1.807) is 19.9 Å². The van der Waals surface area contributed by atoms with E-state index < -0.39 is 6.10 Å². The molecule has 3 nitrogen and oxygen atoms in total. The maximum Gasteiger partial charge on any atom is 0.134 e. The lowest BCUT2D eigenvalue weighted by Gasteiger charge is -2.16. The van der Waals surface area contributed by atoms with Crippen LogP contribution in [-0.2, 0) is 0 Å². The van der Waals surface area contributed by atoms with Gasteiger partial charge in [-0.1, -0.05) is 17.7 Å². The van der Waals surface area contributed by atoms with Crippen molar-refractivity contribution < 1.29 is 10.2 Å². The van der Waals surface area contributed by atoms with Crippen LogP contribution < -0.4 is 5.73 Å². The van der Waals surface area contributed by atoms with Gasteiger partial charge in [0, 0.05) is 6.04 Å². The van der Waals surface area contributed by atoms with Gasteiger partial charge in [-0.3, -0.25) is 0 Å². The highest BCUT2D eigenvalue weighted by molar-refractivity contribution is 6.32. The van der Waals surface area contributed by atoms with Crippen molar-refractivity contribution in [1.82, 2.24) is 0 Å². The van der Waals surface area contributed by atoms with Crippen LogP contribution in [0.5, 0.6) is 5.75 Å². The Balaban J connectivity index is 3.12. The molecule has 0 heterocycles. The number of hydrogen-bond acceptors (Lipinski definition) is 3. The second kappa shape index (κ2) is 4.17. The molecule has 0 radical (unpaired) electrons. The molecule has 78 valence electrons. The summed E-state index contributed by atoms with van der Waals surface area (Å²) in [6, 6.07) is 2.77. The van der Waals surface area contributed by atoms with Gasteiger partial charge in [-0.05, 0) is 31.0 Å². The van der Waals surface area contributed by atoms with Crippen LogP contribution in [0.25, 0.3) is 0 Å². The van der Waals surface area contributed by atoms with Crippen LogP contribution >= 0.6 is 11.6 Å². The number of phenolic OH excluding ortho intramolecular Hbond substituents is 1. The minimum Gasteiger partial charge on any atom is -0.506 e. The number of rotatable bonds is 2. The third kappa shape index (κ3) is 2.18. The maximum atomic E-state index is 9.66. The Kier molecular flexibility index (Phi) is 3.37.